The van der Waals surface area contributed by atoms with Crippen LogP contribution in [-0.4, -0.2) is 17.7 Å². The van der Waals surface area contributed by atoms with Crippen molar-refractivity contribution in [3.8, 4) is 17.2 Å². The maximum atomic E-state index is 11.1. The van der Waals surface area contributed by atoms with Gasteiger partial charge in [0.1, 0.15) is 22.8 Å². The van der Waals surface area contributed by atoms with Crippen LogP contribution in [0.15, 0.2) is 42.5 Å². The molecule has 0 amide bonds. The molecule has 0 aliphatic rings. The van der Waals surface area contributed by atoms with E-state index in [9.17, 15) is 4.79 Å². The molecule has 20 heavy (non-hydrogen) atoms. The standard InChI is InChI=1S/C15H15NO4/c1-2-19-11-4-6-12(7-5-11)20-14-8-3-10(16)9-13(14)15(17)18/h3-9H,2,16H2,1H3,(H,17,18). The molecular weight excluding hydrogens is 258 g/mol. The second-order valence-electron chi connectivity index (χ2n) is 4.07. The first-order valence-electron chi connectivity index (χ1n) is 6.13. The average molecular weight is 273 g/mol. The van der Waals surface area contributed by atoms with Gasteiger partial charge in [-0.3, -0.25) is 0 Å². The van der Waals surface area contributed by atoms with E-state index in [1.165, 1.54) is 12.1 Å². The van der Waals surface area contributed by atoms with E-state index in [0.29, 0.717) is 18.0 Å². The Morgan fingerprint density at radius 3 is 2.40 bits per heavy atom. The van der Waals surface area contributed by atoms with Crippen LogP contribution < -0.4 is 15.2 Å². The van der Waals surface area contributed by atoms with Crippen molar-refractivity contribution in [2.24, 2.45) is 0 Å². The van der Waals surface area contributed by atoms with E-state index in [1.54, 1.807) is 30.3 Å². The second-order valence-corrected chi connectivity index (χ2v) is 4.07. The summed E-state index contributed by atoms with van der Waals surface area (Å²) in [5.74, 6) is 0.422. The Balaban J connectivity index is 2.23. The fourth-order valence-electron chi connectivity index (χ4n) is 1.70. The molecule has 2 rings (SSSR count). The predicted molar refractivity (Wildman–Crippen MR) is 75.5 cm³/mol. The highest BCUT2D eigenvalue weighted by molar-refractivity contribution is 5.92. The van der Waals surface area contributed by atoms with Gasteiger partial charge in [0, 0.05) is 5.69 Å². The van der Waals surface area contributed by atoms with Gasteiger partial charge in [0.05, 0.1) is 6.61 Å². The maximum absolute atomic E-state index is 11.1. The lowest BCUT2D eigenvalue weighted by molar-refractivity contribution is 0.0694. The van der Waals surface area contributed by atoms with Gasteiger partial charge < -0.3 is 20.3 Å². The zero-order chi connectivity index (χ0) is 14.5. The first-order chi connectivity index (χ1) is 9.60. The predicted octanol–water partition coefficient (Wildman–Crippen LogP) is 3.16. The van der Waals surface area contributed by atoms with E-state index in [-0.39, 0.29) is 11.3 Å². The highest BCUT2D eigenvalue weighted by Crippen LogP contribution is 2.28. The van der Waals surface area contributed by atoms with Crippen LogP contribution in [0, 0.1) is 0 Å². The minimum Gasteiger partial charge on any atom is -0.494 e. The molecule has 0 radical (unpaired) electrons. The van der Waals surface area contributed by atoms with Gasteiger partial charge in [-0.2, -0.15) is 0 Å². The van der Waals surface area contributed by atoms with Crippen LogP contribution in [0.4, 0.5) is 5.69 Å². The number of aromatic carboxylic acids is 1. The third-order valence-electron chi connectivity index (χ3n) is 2.60. The highest BCUT2D eigenvalue weighted by atomic mass is 16.5. The Bertz CT molecular complexity index is 608. The topological polar surface area (TPSA) is 81.8 Å². The number of rotatable bonds is 5. The molecule has 0 aliphatic heterocycles. The fourth-order valence-corrected chi connectivity index (χ4v) is 1.70. The van der Waals surface area contributed by atoms with Gasteiger partial charge in [-0.05, 0) is 49.4 Å². The molecule has 0 spiro atoms. The summed E-state index contributed by atoms with van der Waals surface area (Å²) in [6.07, 6.45) is 0. The number of hydrogen-bond acceptors (Lipinski definition) is 4. The summed E-state index contributed by atoms with van der Waals surface area (Å²) >= 11 is 0. The van der Waals surface area contributed by atoms with Gasteiger partial charge in [0.25, 0.3) is 0 Å². The van der Waals surface area contributed by atoms with Gasteiger partial charge in [0.2, 0.25) is 0 Å². The van der Waals surface area contributed by atoms with Gasteiger partial charge in [-0.15, -0.1) is 0 Å². The van der Waals surface area contributed by atoms with Crippen molar-refractivity contribution in [2.75, 3.05) is 12.3 Å². The summed E-state index contributed by atoms with van der Waals surface area (Å²) in [5, 5.41) is 9.13. The maximum Gasteiger partial charge on any atom is 0.339 e. The number of carboxylic acids is 1. The first-order valence-corrected chi connectivity index (χ1v) is 6.13. The minimum absolute atomic E-state index is 0.0267. The molecule has 0 heterocycles. The molecule has 0 saturated heterocycles. The Kier molecular flexibility index (Phi) is 4.10. The van der Waals surface area contributed by atoms with Crippen LogP contribution >= 0.6 is 0 Å². The molecule has 0 fully saturated rings. The average Bonchev–Trinajstić information content (AvgIpc) is 2.43. The number of carboxylic acid groups (broad SMARTS) is 1. The fraction of sp³-hybridized carbons (Fsp3) is 0.133. The second kappa shape index (κ2) is 5.97. The zero-order valence-electron chi connectivity index (χ0n) is 11.0. The van der Waals surface area contributed by atoms with Crippen molar-refractivity contribution in [2.45, 2.75) is 6.92 Å². The van der Waals surface area contributed by atoms with Crippen LogP contribution in [0.25, 0.3) is 0 Å². The smallest absolute Gasteiger partial charge is 0.339 e. The van der Waals surface area contributed by atoms with E-state index < -0.39 is 5.97 Å². The van der Waals surface area contributed by atoms with E-state index in [0.717, 1.165) is 5.75 Å². The molecule has 0 atom stereocenters. The molecule has 0 unspecified atom stereocenters. The Morgan fingerprint density at radius 2 is 1.80 bits per heavy atom. The summed E-state index contributed by atoms with van der Waals surface area (Å²) in [6.45, 7) is 2.49. The molecule has 0 aromatic heterocycles. The molecule has 104 valence electrons. The van der Waals surface area contributed by atoms with Crippen molar-refractivity contribution in [1.82, 2.24) is 0 Å². The van der Waals surface area contributed by atoms with E-state index in [2.05, 4.69) is 0 Å². The molecular formula is C15H15NO4. The lowest BCUT2D eigenvalue weighted by Crippen LogP contribution is -2.01. The number of anilines is 1. The lowest BCUT2D eigenvalue weighted by Gasteiger charge is -2.10. The quantitative estimate of drug-likeness (QED) is 0.818. The van der Waals surface area contributed by atoms with Gasteiger partial charge >= 0.3 is 5.97 Å². The van der Waals surface area contributed by atoms with E-state index in [1.807, 2.05) is 6.92 Å². The Hall–Kier alpha value is -2.69. The van der Waals surface area contributed by atoms with Gasteiger partial charge in [-0.25, -0.2) is 4.79 Å². The Labute approximate surface area is 116 Å². The molecule has 5 heteroatoms. The van der Waals surface area contributed by atoms with Crippen molar-refractivity contribution in [3.63, 3.8) is 0 Å². The SMILES string of the molecule is CCOc1ccc(Oc2ccc(N)cc2C(=O)O)cc1. The summed E-state index contributed by atoms with van der Waals surface area (Å²) < 4.78 is 10.9. The number of benzene rings is 2. The number of carbonyl (C=O) groups is 1. The highest BCUT2D eigenvalue weighted by Gasteiger charge is 2.12. The van der Waals surface area contributed by atoms with Crippen LogP contribution in [-0.2, 0) is 0 Å². The van der Waals surface area contributed by atoms with Gasteiger partial charge in [-0.1, -0.05) is 0 Å². The number of hydrogen-bond donors (Lipinski definition) is 2. The summed E-state index contributed by atoms with van der Waals surface area (Å²) in [7, 11) is 0. The Morgan fingerprint density at radius 1 is 1.15 bits per heavy atom. The minimum atomic E-state index is -1.08. The number of ether oxygens (including phenoxy) is 2. The van der Waals surface area contributed by atoms with Crippen LogP contribution in [0.1, 0.15) is 17.3 Å². The molecule has 3 N–H and O–H groups in total. The molecule has 2 aromatic rings. The van der Waals surface area contributed by atoms with Gasteiger partial charge in [0.15, 0.2) is 0 Å². The molecule has 2 aromatic carbocycles. The normalized spacial score (nSPS) is 10.1. The van der Waals surface area contributed by atoms with E-state index >= 15 is 0 Å². The largest absolute Gasteiger partial charge is 0.494 e. The molecule has 0 saturated carbocycles. The summed E-state index contributed by atoms with van der Waals surface area (Å²) in [4.78, 5) is 11.1. The van der Waals surface area contributed by atoms with Crippen molar-refractivity contribution in [1.29, 1.82) is 0 Å². The van der Waals surface area contributed by atoms with Crippen LogP contribution in [0.5, 0.6) is 17.2 Å². The van der Waals surface area contributed by atoms with E-state index in [4.69, 9.17) is 20.3 Å². The zero-order valence-corrected chi connectivity index (χ0v) is 11.0. The first kappa shape index (κ1) is 13.7. The third kappa shape index (κ3) is 3.20. The molecule has 5 nitrogen and oxygen atoms in total. The third-order valence-corrected chi connectivity index (χ3v) is 2.60. The number of nitrogen functional groups attached to an aromatic ring is 1. The van der Waals surface area contributed by atoms with Crippen molar-refractivity contribution >= 4 is 11.7 Å². The molecule has 0 bridgehead atoms. The van der Waals surface area contributed by atoms with Crippen molar-refractivity contribution in [3.05, 3.63) is 48.0 Å². The summed E-state index contributed by atoms with van der Waals surface area (Å²) in [6, 6.07) is 11.4. The van der Waals surface area contributed by atoms with Crippen LogP contribution in [0.3, 0.4) is 0 Å². The van der Waals surface area contributed by atoms with Crippen LogP contribution in [0.2, 0.25) is 0 Å². The number of nitrogens with two attached hydrogens (primary N) is 1. The summed E-state index contributed by atoms with van der Waals surface area (Å²) in [5.41, 5.74) is 5.98. The monoisotopic (exact) mass is 273 g/mol. The van der Waals surface area contributed by atoms with Crippen molar-refractivity contribution < 1.29 is 19.4 Å². The lowest BCUT2D eigenvalue weighted by atomic mass is 10.2. The molecule has 0 aliphatic carbocycles.